The average Bonchev–Trinajstić information content (AvgIpc) is 2.15. The van der Waals surface area contributed by atoms with E-state index in [2.05, 4.69) is 0 Å². The van der Waals surface area contributed by atoms with Gasteiger partial charge < -0.3 is 10.2 Å². The second-order valence-electron chi connectivity index (χ2n) is 2.93. The summed E-state index contributed by atoms with van der Waals surface area (Å²) in [6.45, 7) is 0. The Morgan fingerprint density at radius 3 is 2.53 bits per heavy atom. The first-order valence-electron chi connectivity index (χ1n) is 4.30. The lowest BCUT2D eigenvalue weighted by Crippen LogP contribution is -2.02. The van der Waals surface area contributed by atoms with Gasteiger partial charge in [-0.05, 0) is 18.2 Å². The summed E-state index contributed by atoms with van der Waals surface area (Å²) in [5.41, 5.74) is 0.483. The minimum absolute atomic E-state index is 0.0527. The number of hydrogen-bond acceptors (Lipinski definition) is 3. The molecule has 4 nitrogen and oxygen atoms in total. The van der Waals surface area contributed by atoms with Gasteiger partial charge in [-0.1, -0.05) is 18.2 Å². The zero-order chi connectivity index (χ0) is 11.3. The van der Waals surface area contributed by atoms with Crippen molar-refractivity contribution in [1.29, 1.82) is 0 Å². The van der Waals surface area contributed by atoms with Gasteiger partial charge in [-0.2, -0.15) is 0 Å². The summed E-state index contributed by atoms with van der Waals surface area (Å²) in [5, 5.41) is 17.7. The van der Waals surface area contributed by atoms with Crippen LogP contribution in [0.25, 0.3) is 6.08 Å². The summed E-state index contributed by atoms with van der Waals surface area (Å²) >= 11 is 0. The fraction of sp³-hybridized carbons (Fsp3) is 0.0909. The molecule has 4 heteroatoms. The molecule has 0 heterocycles. The fourth-order valence-corrected chi connectivity index (χ4v) is 1.02. The van der Waals surface area contributed by atoms with E-state index in [1.165, 1.54) is 12.1 Å². The number of allylic oxidation sites excluding steroid dienone is 1. The Morgan fingerprint density at radius 1 is 1.27 bits per heavy atom. The molecule has 2 N–H and O–H groups in total. The van der Waals surface area contributed by atoms with Crippen molar-refractivity contribution in [3.8, 4) is 5.75 Å². The summed E-state index contributed by atoms with van der Waals surface area (Å²) in [7, 11) is 0. The molecule has 0 spiro atoms. The van der Waals surface area contributed by atoms with Gasteiger partial charge in [0.1, 0.15) is 12.2 Å². The highest BCUT2D eigenvalue weighted by Crippen LogP contribution is 2.16. The molecular formula is C11H10O4. The largest absolute Gasteiger partial charge is 0.507 e. The summed E-state index contributed by atoms with van der Waals surface area (Å²) in [6, 6.07) is 6.48. The van der Waals surface area contributed by atoms with Crippen molar-refractivity contribution in [3.05, 3.63) is 35.9 Å². The maximum absolute atomic E-state index is 11.0. The zero-order valence-electron chi connectivity index (χ0n) is 7.88. The van der Waals surface area contributed by atoms with Crippen molar-refractivity contribution >= 4 is 17.8 Å². The van der Waals surface area contributed by atoms with Crippen LogP contribution in [-0.2, 0) is 9.59 Å². The molecule has 0 aromatic heterocycles. The van der Waals surface area contributed by atoms with Gasteiger partial charge in [0.05, 0.1) is 0 Å². The van der Waals surface area contributed by atoms with Gasteiger partial charge in [0.15, 0.2) is 5.78 Å². The summed E-state index contributed by atoms with van der Waals surface area (Å²) in [6.07, 6.45) is 1.99. The van der Waals surface area contributed by atoms with Gasteiger partial charge in [0, 0.05) is 5.56 Å². The van der Waals surface area contributed by atoms with Crippen LogP contribution in [0.2, 0.25) is 0 Å². The SMILES string of the molecule is O=C(O)CC(=O)C=Cc1ccccc1O. The minimum Gasteiger partial charge on any atom is -0.507 e. The second-order valence-corrected chi connectivity index (χ2v) is 2.93. The van der Waals surface area contributed by atoms with Crippen LogP contribution < -0.4 is 0 Å². The molecule has 1 aromatic rings. The molecule has 0 aliphatic heterocycles. The Balaban J connectivity index is 2.70. The van der Waals surface area contributed by atoms with Gasteiger partial charge in [-0.25, -0.2) is 0 Å². The van der Waals surface area contributed by atoms with Gasteiger partial charge in [0.25, 0.3) is 0 Å². The van der Waals surface area contributed by atoms with E-state index in [1.807, 2.05) is 0 Å². The standard InChI is InChI=1S/C11H10O4/c12-9(7-11(14)15)6-5-8-3-1-2-4-10(8)13/h1-6,13H,7H2,(H,14,15). The number of aliphatic carboxylic acids is 1. The number of phenolic OH excluding ortho intramolecular Hbond substituents is 1. The van der Waals surface area contributed by atoms with Crippen LogP contribution in [0.3, 0.4) is 0 Å². The van der Waals surface area contributed by atoms with Gasteiger partial charge in [0.2, 0.25) is 0 Å². The Labute approximate surface area is 86.5 Å². The number of aromatic hydroxyl groups is 1. The number of carboxylic acid groups (broad SMARTS) is 1. The molecule has 1 rings (SSSR count). The molecule has 1 aromatic carbocycles. The molecule has 0 amide bonds. The monoisotopic (exact) mass is 206 g/mol. The van der Waals surface area contributed by atoms with Crippen LogP contribution >= 0.6 is 0 Å². The first-order chi connectivity index (χ1) is 7.09. The van der Waals surface area contributed by atoms with Crippen molar-refractivity contribution < 1.29 is 19.8 Å². The van der Waals surface area contributed by atoms with Gasteiger partial charge >= 0.3 is 5.97 Å². The average molecular weight is 206 g/mol. The van der Waals surface area contributed by atoms with E-state index in [-0.39, 0.29) is 5.75 Å². The molecule has 0 saturated heterocycles. The Morgan fingerprint density at radius 2 is 1.93 bits per heavy atom. The quantitative estimate of drug-likeness (QED) is 0.577. The Kier molecular flexibility index (Phi) is 3.62. The van der Waals surface area contributed by atoms with E-state index in [0.29, 0.717) is 5.56 Å². The molecule has 0 saturated carbocycles. The molecule has 0 fully saturated rings. The van der Waals surface area contributed by atoms with Crippen LogP contribution in [0.15, 0.2) is 30.3 Å². The second kappa shape index (κ2) is 4.95. The fourth-order valence-electron chi connectivity index (χ4n) is 1.02. The normalized spacial score (nSPS) is 10.4. The Hall–Kier alpha value is -2.10. The first-order valence-corrected chi connectivity index (χ1v) is 4.30. The lowest BCUT2D eigenvalue weighted by molar-refractivity contribution is -0.139. The number of para-hydroxylation sites is 1. The number of ketones is 1. The van der Waals surface area contributed by atoms with Crippen LogP contribution in [0.1, 0.15) is 12.0 Å². The summed E-state index contributed by atoms with van der Waals surface area (Å²) < 4.78 is 0. The van der Waals surface area contributed by atoms with E-state index in [1.54, 1.807) is 18.2 Å². The third kappa shape index (κ3) is 3.64. The van der Waals surface area contributed by atoms with Crippen molar-refractivity contribution in [3.63, 3.8) is 0 Å². The third-order valence-corrected chi connectivity index (χ3v) is 1.71. The van der Waals surface area contributed by atoms with Gasteiger partial charge in [-0.3, -0.25) is 9.59 Å². The predicted molar refractivity (Wildman–Crippen MR) is 54.4 cm³/mol. The number of rotatable bonds is 4. The number of benzene rings is 1. The van der Waals surface area contributed by atoms with E-state index in [4.69, 9.17) is 5.11 Å². The van der Waals surface area contributed by atoms with Crippen LogP contribution in [0.4, 0.5) is 0 Å². The lowest BCUT2D eigenvalue weighted by atomic mass is 10.1. The molecule has 0 atom stereocenters. The van der Waals surface area contributed by atoms with Crippen molar-refractivity contribution in [2.24, 2.45) is 0 Å². The maximum Gasteiger partial charge on any atom is 0.311 e. The predicted octanol–water partition coefficient (Wildman–Crippen LogP) is 1.45. The smallest absolute Gasteiger partial charge is 0.311 e. The zero-order valence-corrected chi connectivity index (χ0v) is 7.88. The molecular weight excluding hydrogens is 196 g/mol. The number of carboxylic acids is 1. The molecule has 0 bridgehead atoms. The van der Waals surface area contributed by atoms with Crippen molar-refractivity contribution in [2.75, 3.05) is 0 Å². The molecule has 15 heavy (non-hydrogen) atoms. The summed E-state index contributed by atoms with van der Waals surface area (Å²) in [5.74, 6) is -1.62. The Bertz CT molecular complexity index is 407. The van der Waals surface area contributed by atoms with Crippen molar-refractivity contribution in [1.82, 2.24) is 0 Å². The highest BCUT2D eigenvalue weighted by atomic mass is 16.4. The molecule has 0 aliphatic carbocycles. The topological polar surface area (TPSA) is 74.6 Å². The molecule has 0 unspecified atom stereocenters. The van der Waals surface area contributed by atoms with E-state index in [9.17, 15) is 14.7 Å². The lowest BCUT2D eigenvalue weighted by Gasteiger charge is -1.96. The van der Waals surface area contributed by atoms with E-state index in [0.717, 1.165) is 6.08 Å². The summed E-state index contributed by atoms with van der Waals surface area (Å²) in [4.78, 5) is 21.2. The molecule has 0 radical (unpaired) electrons. The van der Waals surface area contributed by atoms with Gasteiger partial charge in [-0.15, -0.1) is 0 Å². The number of hydrogen-bond donors (Lipinski definition) is 2. The minimum atomic E-state index is -1.16. The number of phenols is 1. The third-order valence-electron chi connectivity index (χ3n) is 1.71. The van der Waals surface area contributed by atoms with Crippen LogP contribution in [0.5, 0.6) is 5.75 Å². The number of carbonyl (C=O) groups excluding carboxylic acids is 1. The van der Waals surface area contributed by atoms with Crippen molar-refractivity contribution in [2.45, 2.75) is 6.42 Å². The first kappa shape index (κ1) is 11.0. The molecule has 78 valence electrons. The van der Waals surface area contributed by atoms with E-state index < -0.39 is 18.2 Å². The van der Waals surface area contributed by atoms with E-state index >= 15 is 0 Å². The number of carbonyl (C=O) groups is 2. The van der Waals surface area contributed by atoms with Crippen LogP contribution in [0, 0.1) is 0 Å². The highest BCUT2D eigenvalue weighted by Gasteiger charge is 2.03. The molecule has 0 aliphatic rings. The highest BCUT2D eigenvalue weighted by molar-refractivity contribution is 6.03. The maximum atomic E-state index is 11.0. The van der Waals surface area contributed by atoms with Crippen LogP contribution in [-0.4, -0.2) is 22.0 Å².